The molecule has 0 radical (unpaired) electrons. The fourth-order valence-electron chi connectivity index (χ4n) is 3.97. The number of hydrazone groups is 1. The standard InChI is InChI=1S/C30H24N2/c1-23-12-20-28(21-13-23)32-30(27-10-6-3-7-11-27)22-29(31-32)26-18-16-25(17-19-26)15-14-24-8-4-2-5-9-24/h2-13,16-21,30H,22H2,1H3. The van der Waals surface area contributed by atoms with Crippen molar-refractivity contribution >= 4 is 11.4 Å². The summed E-state index contributed by atoms with van der Waals surface area (Å²) in [5.74, 6) is 6.48. The zero-order chi connectivity index (χ0) is 21.8. The van der Waals surface area contributed by atoms with E-state index >= 15 is 0 Å². The fourth-order valence-corrected chi connectivity index (χ4v) is 3.97. The third kappa shape index (κ3) is 4.33. The lowest BCUT2D eigenvalue weighted by Gasteiger charge is -2.24. The number of benzene rings is 4. The van der Waals surface area contributed by atoms with E-state index in [0.29, 0.717) is 0 Å². The summed E-state index contributed by atoms with van der Waals surface area (Å²) in [7, 11) is 0. The van der Waals surface area contributed by atoms with Crippen LogP contribution in [0.2, 0.25) is 0 Å². The molecule has 0 aromatic heterocycles. The maximum absolute atomic E-state index is 5.05. The number of hydrogen-bond donors (Lipinski definition) is 0. The molecule has 1 aliphatic heterocycles. The van der Waals surface area contributed by atoms with Crippen LogP contribution in [0.25, 0.3) is 0 Å². The van der Waals surface area contributed by atoms with E-state index in [2.05, 4.69) is 103 Å². The van der Waals surface area contributed by atoms with Gasteiger partial charge in [0.15, 0.2) is 0 Å². The van der Waals surface area contributed by atoms with Gasteiger partial charge in [0, 0.05) is 17.5 Å². The number of nitrogens with zero attached hydrogens (tertiary/aromatic N) is 2. The second kappa shape index (κ2) is 8.96. The van der Waals surface area contributed by atoms with Gasteiger partial charge in [-0.3, -0.25) is 5.01 Å². The Kier molecular flexibility index (Phi) is 5.56. The van der Waals surface area contributed by atoms with E-state index in [1.807, 2.05) is 30.3 Å². The Labute approximate surface area is 189 Å². The predicted molar refractivity (Wildman–Crippen MR) is 133 cm³/mol. The van der Waals surface area contributed by atoms with Gasteiger partial charge >= 0.3 is 0 Å². The van der Waals surface area contributed by atoms with Crippen molar-refractivity contribution in [3.05, 3.63) is 137 Å². The summed E-state index contributed by atoms with van der Waals surface area (Å²) in [6.07, 6.45) is 0.868. The molecule has 0 fully saturated rings. The molecule has 2 nitrogen and oxygen atoms in total. The van der Waals surface area contributed by atoms with Crippen LogP contribution in [0.15, 0.2) is 114 Å². The highest BCUT2D eigenvalue weighted by atomic mass is 15.5. The Morgan fingerprint density at radius 1 is 0.688 bits per heavy atom. The zero-order valence-corrected chi connectivity index (χ0v) is 18.1. The molecule has 1 heterocycles. The van der Waals surface area contributed by atoms with Crippen molar-refractivity contribution in [2.24, 2.45) is 5.10 Å². The van der Waals surface area contributed by atoms with Crippen molar-refractivity contribution in [3.8, 4) is 11.8 Å². The number of hydrogen-bond acceptors (Lipinski definition) is 2. The Morgan fingerprint density at radius 2 is 1.28 bits per heavy atom. The normalized spacial score (nSPS) is 15.1. The molecular weight excluding hydrogens is 388 g/mol. The molecule has 0 saturated carbocycles. The van der Waals surface area contributed by atoms with E-state index < -0.39 is 0 Å². The third-order valence-corrected chi connectivity index (χ3v) is 5.74. The maximum atomic E-state index is 5.05. The summed E-state index contributed by atoms with van der Waals surface area (Å²) >= 11 is 0. The van der Waals surface area contributed by atoms with Gasteiger partial charge in [-0.25, -0.2) is 0 Å². The molecule has 4 aromatic rings. The molecule has 0 saturated heterocycles. The van der Waals surface area contributed by atoms with Gasteiger partial charge in [-0.05, 0) is 54.4 Å². The van der Waals surface area contributed by atoms with Gasteiger partial charge in [0.05, 0.1) is 17.4 Å². The molecule has 1 atom stereocenters. The molecule has 1 aliphatic rings. The second-order valence-corrected chi connectivity index (χ2v) is 8.05. The van der Waals surface area contributed by atoms with Crippen molar-refractivity contribution in [1.29, 1.82) is 0 Å². The van der Waals surface area contributed by atoms with Gasteiger partial charge in [-0.1, -0.05) is 90.2 Å². The van der Waals surface area contributed by atoms with Crippen molar-refractivity contribution in [2.45, 2.75) is 19.4 Å². The highest BCUT2D eigenvalue weighted by molar-refractivity contribution is 6.03. The molecule has 32 heavy (non-hydrogen) atoms. The van der Waals surface area contributed by atoms with E-state index in [0.717, 1.165) is 34.5 Å². The predicted octanol–water partition coefficient (Wildman–Crippen LogP) is 6.75. The Balaban J connectivity index is 1.43. The van der Waals surface area contributed by atoms with Gasteiger partial charge in [0.2, 0.25) is 0 Å². The minimum atomic E-state index is 0.187. The van der Waals surface area contributed by atoms with Gasteiger partial charge in [0.1, 0.15) is 0 Å². The average molecular weight is 413 g/mol. The van der Waals surface area contributed by atoms with Crippen molar-refractivity contribution in [1.82, 2.24) is 0 Å². The summed E-state index contributed by atoms with van der Waals surface area (Å²) < 4.78 is 0. The van der Waals surface area contributed by atoms with Gasteiger partial charge in [-0.2, -0.15) is 5.10 Å². The number of rotatable bonds is 3. The Hall–Kier alpha value is -4.09. The third-order valence-electron chi connectivity index (χ3n) is 5.74. The monoisotopic (exact) mass is 412 g/mol. The number of aryl methyl sites for hydroxylation is 1. The average Bonchev–Trinajstić information content (AvgIpc) is 3.30. The lowest BCUT2D eigenvalue weighted by Crippen LogP contribution is -2.18. The minimum Gasteiger partial charge on any atom is -0.257 e. The Bertz CT molecular complexity index is 1280. The van der Waals surface area contributed by atoms with E-state index in [1.165, 1.54) is 11.1 Å². The van der Waals surface area contributed by atoms with E-state index in [4.69, 9.17) is 5.10 Å². The van der Waals surface area contributed by atoms with Crippen LogP contribution in [-0.4, -0.2) is 5.71 Å². The molecule has 2 heteroatoms. The molecule has 0 spiro atoms. The largest absolute Gasteiger partial charge is 0.257 e. The smallest absolute Gasteiger partial charge is 0.0831 e. The van der Waals surface area contributed by atoms with E-state index in [9.17, 15) is 0 Å². The highest BCUT2D eigenvalue weighted by Crippen LogP contribution is 2.36. The zero-order valence-electron chi connectivity index (χ0n) is 18.1. The Morgan fingerprint density at radius 3 is 1.94 bits per heavy atom. The van der Waals surface area contributed by atoms with Crippen LogP contribution in [0.3, 0.4) is 0 Å². The molecule has 4 aromatic carbocycles. The lowest BCUT2D eigenvalue weighted by molar-refractivity contribution is 0.709. The summed E-state index contributed by atoms with van der Waals surface area (Å²) in [6, 6.07) is 37.9. The molecule has 154 valence electrons. The first-order valence-corrected chi connectivity index (χ1v) is 10.9. The molecular formula is C30H24N2. The molecule has 5 rings (SSSR count). The van der Waals surface area contributed by atoms with Gasteiger partial charge < -0.3 is 0 Å². The van der Waals surface area contributed by atoms with Crippen LogP contribution in [-0.2, 0) is 0 Å². The quantitative estimate of drug-likeness (QED) is 0.340. The lowest BCUT2D eigenvalue weighted by atomic mass is 9.97. The van der Waals surface area contributed by atoms with Crippen molar-refractivity contribution in [3.63, 3.8) is 0 Å². The first kappa shape index (κ1) is 19.8. The van der Waals surface area contributed by atoms with Crippen molar-refractivity contribution in [2.75, 3.05) is 5.01 Å². The summed E-state index contributed by atoms with van der Waals surface area (Å²) in [6.45, 7) is 2.11. The molecule has 0 N–H and O–H groups in total. The van der Waals surface area contributed by atoms with Crippen LogP contribution >= 0.6 is 0 Å². The van der Waals surface area contributed by atoms with Gasteiger partial charge in [-0.15, -0.1) is 0 Å². The summed E-state index contributed by atoms with van der Waals surface area (Å²) in [5, 5.41) is 7.21. The molecule has 0 aliphatic carbocycles. The van der Waals surface area contributed by atoms with Crippen LogP contribution in [0, 0.1) is 18.8 Å². The summed E-state index contributed by atoms with van der Waals surface area (Å²) in [4.78, 5) is 0. The first-order valence-electron chi connectivity index (χ1n) is 10.9. The van der Waals surface area contributed by atoms with E-state index in [-0.39, 0.29) is 6.04 Å². The second-order valence-electron chi connectivity index (χ2n) is 8.05. The van der Waals surface area contributed by atoms with E-state index in [1.54, 1.807) is 0 Å². The molecule has 0 bridgehead atoms. The highest BCUT2D eigenvalue weighted by Gasteiger charge is 2.29. The van der Waals surface area contributed by atoms with Crippen LogP contribution < -0.4 is 5.01 Å². The topological polar surface area (TPSA) is 15.6 Å². The fraction of sp³-hybridized carbons (Fsp3) is 0.100. The van der Waals surface area contributed by atoms with Gasteiger partial charge in [0.25, 0.3) is 0 Å². The molecule has 1 unspecified atom stereocenters. The molecule has 0 amide bonds. The summed E-state index contributed by atoms with van der Waals surface area (Å²) in [5.41, 5.74) is 7.91. The van der Waals surface area contributed by atoms with Crippen molar-refractivity contribution < 1.29 is 0 Å². The van der Waals surface area contributed by atoms with Crippen LogP contribution in [0.5, 0.6) is 0 Å². The van der Waals surface area contributed by atoms with Crippen LogP contribution in [0.1, 0.15) is 40.3 Å². The van der Waals surface area contributed by atoms with Crippen LogP contribution in [0.4, 0.5) is 5.69 Å². The first-order chi connectivity index (χ1) is 15.8. The number of anilines is 1. The minimum absolute atomic E-state index is 0.187. The maximum Gasteiger partial charge on any atom is 0.0831 e. The SMILES string of the molecule is Cc1ccc(N2N=C(c3ccc(C#Cc4ccccc4)cc3)CC2c2ccccc2)cc1.